The summed E-state index contributed by atoms with van der Waals surface area (Å²) < 4.78 is 40.4. The zero-order valence-corrected chi connectivity index (χ0v) is 18.3. The third-order valence-corrected chi connectivity index (χ3v) is 7.33. The Hall–Kier alpha value is -3.51. The molecule has 1 amide bonds. The minimum absolute atomic E-state index is 0.0885. The van der Waals surface area contributed by atoms with Crippen LogP contribution in [-0.4, -0.2) is 53.7 Å². The first-order chi connectivity index (χ1) is 16.2. The van der Waals surface area contributed by atoms with Crippen LogP contribution in [0.4, 0.5) is 18.9 Å². The molecule has 176 valence electrons. The number of carbonyl (C=O) groups is 1. The summed E-state index contributed by atoms with van der Waals surface area (Å²) in [5.74, 6) is -0.186. The Morgan fingerprint density at radius 1 is 1.21 bits per heavy atom. The summed E-state index contributed by atoms with van der Waals surface area (Å²) >= 11 is 0. The first-order valence-electron chi connectivity index (χ1n) is 11.1. The van der Waals surface area contributed by atoms with Crippen molar-refractivity contribution in [3.8, 4) is 6.07 Å². The van der Waals surface area contributed by atoms with E-state index in [1.54, 1.807) is 17.0 Å². The number of hydrogen-bond acceptors (Lipinski definition) is 4. The number of rotatable bonds is 3. The van der Waals surface area contributed by atoms with E-state index in [2.05, 4.69) is 4.98 Å². The number of benzene rings is 2. The van der Waals surface area contributed by atoms with E-state index in [9.17, 15) is 23.1 Å². The molecule has 34 heavy (non-hydrogen) atoms. The highest BCUT2D eigenvalue weighted by Crippen LogP contribution is 2.45. The van der Waals surface area contributed by atoms with Gasteiger partial charge in [0.15, 0.2) is 0 Å². The maximum atomic E-state index is 13.5. The van der Waals surface area contributed by atoms with Crippen molar-refractivity contribution in [2.75, 3.05) is 37.7 Å². The molecule has 2 aliphatic rings. The van der Waals surface area contributed by atoms with Crippen molar-refractivity contribution in [3.05, 3.63) is 65.4 Å². The molecule has 1 aromatic heterocycles. The van der Waals surface area contributed by atoms with E-state index < -0.39 is 22.7 Å². The lowest BCUT2D eigenvalue weighted by Crippen LogP contribution is -2.50. The number of nitrogens with one attached hydrogen (secondary N) is 1. The van der Waals surface area contributed by atoms with Crippen molar-refractivity contribution >= 4 is 22.5 Å². The average Bonchev–Trinajstić information content (AvgIpc) is 3.46. The van der Waals surface area contributed by atoms with Gasteiger partial charge in [0.05, 0.1) is 23.8 Å². The molecular weight excluding hydrogens is 445 g/mol. The predicted molar refractivity (Wildman–Crippen MR) is 120 cm³/mol. The van der Waals surface area contributed by atoms with E-state index in [0.29, 0.717) is 43.9 Å². The number of fused-ring (bicyclic) bond motifs is 2. The monoisotopic (exact) mass is 468 g/mol. The molecule has 0 unspecified atom stereocenters. The van der Waals surface area contributed by atoms with Crippen LogP contribution in [0.5, 0.6) is 0 Å². The number of likely N-dealkylation sites (tertiary alicyclic amines) is 1. The number of H-pyrrole nitrogens is 1. The molecule has 2 aliphatic heterocycles. The number of alkyl halides is 3. The second-order valence-electron chi connectivity index (χ2n) is 9.22. The number of amides is 1. The lowest BCUT2D eigenvalue weighted by molar-refractivity contribution is -0.137. The summed E-state index contributed by atoms with van der Waals surface area (Å²) in [6, 6.07) is 12.8. The van der Waals surface area contributed by atoms with Crippen LogP contribution in [0, 0.1) is 22.7 Å². The van der Waals surface area contributed by atoms with E-state index in [0.717, 1.165) is 17.0 Å². The minimum atomic E-state index is -4.63. The van der Waals surface area contributed by atoms with Crippen LogP contribution in [0.1, 0.15) is 27.9 Å². The van der Waals surface area contributed by atoms with Gasteiger partial charge in [-0.15, -0.1) is 0 Å². The zero-order valence-electron chi connectivity index (χ0n) is 18.3. The Kier molecular flexibility index (Phi) is 5.29. The fraction of sp³-hybridized carbons (Fsp3) is 0.360. The summed E-state index contributed by atoms with van der Waals surface area (Å²) in [4.78, 5) is 19.9. The number of anilines is 1. The van der Waals surface area contributed by atoms with Gasteiger partial charge in [0.25, 0.3) is 5.91 Å². The summed E-state index contributed by atoms with van der Waals surface area (Å²) in [5, 5.41) is 20.3. The predicted octanol–water partition coefficient (Wildman–Crippen LogP) is 4.02. The van der Waals surface area contributed by atoms with Gasteiger partial charge in [0, 0.05) is 60.5 Å². The van der Waals surface area contributed by atoms with Crippen LogP contribution >= 0.6 is 0 Å². The van der Waals surface area contributed by atoms with Gasteiger partial charge in [0.1, 0.15) is 0 Å². The molecule has 6 nitrogen and oxygen atoms in total. The molecular formula is C25H23F3N4O2. The largest absolute Gasteiger partial charge is 0.417 e. The molecule has 0 saturated carbocycles. The normalized spacial score (nSPS) is 22.6. The van der Waals surface area contributed by atoms with Crippen molar-refractivity contribution in [2.24, 2.45) is 11.3 Å². The molecule has 9 heteroatoms. The Bertz CT molecular complexity index is 1300. The van der Waals surface area contributed by atoms with Gasteiger partial charge in [-0.3, -0.25) is 4.79 Å². The molecule has 2 N–H and O–H groups in total. The van der Waals surface area contributed by atoms with Gasteiger partial charge in [-0.25, -0.2) is 0 Å². The standard InChI is InChI=1S/C25H23F3N4O2/c26-25(27,28)21-10-20(4-3-18(21)11-29)32-13-19-12-31(8-6-24(19,14-32)15-33)23(34)17-2-1-16-5-7-30-22(16)9-17/h1-5,7,9-10,19,30,33H,6,8,12-15H2/t19-,24+/m1/s1. The second-order valence-corrected chi connectivity index (χ2v) is 9.22. The third kappa shape index (κ3) is 3.68. The first-order valence-corrected chi connectivity index (χ1v) is 11.1. The van der Waals surface area contributed by atoms with Crippen LogP contribution in [-0.2, 0) is 6.18 Å². The molecule has 5 rings (SSSR count). The van der Waals surface area contributed by atoms with Crippen LogP contribution in [0.3, 0.4) is 0 Å². The summed E-state index contributed by atoms with van der Waals surface area (Å²) in [6.07, 6.45) is -2.26. The van der Waals surface area contributed by atoms with Gasteiger partial charge in [-0.2, -0.15) is 18.4 Å². The molecule has 3 heterocycles. The average molecular weight is 468 g/mol. The number of halogens is 3. The fourth-order valence-electron chi connectivity index (χ4n) is 5.35. The van der Waals surface area contributed by atoms with Crippen LogP contribution in [0.25, 0.3) is 10.9 Å². The zero-order chi connectivity index (χ0) is 24.1. The van der Waals surface area contributed by atoms with Crippen molar-refractivity contribution < 1.29 is 23.1 Å². The smallest absolute Gasteiger partial charge is 0.396 e. The summed E-state index contributed by atoms with van der Waals surface area (Å²) in [6.45, 7) is 1.60. The number of aliphatic hydroxyl groups excluding tert-OH is 1. The molecule has 2 atom stereocenters. The third-order valence-electron chi connectivity index (χ3n) is 7.33. The van der Waals surface area contributed by atoms with Gasteiger partial charge in [0.2, 0.25) is 0 Å². The number of piperidine rings is 1. The van der Waals surface area contributed by atoms with Crippen molar-refractivity contribution in [2.45, 2.75) is 12.6 Å². The number of nitriles is 1. The fourth-order valence-corrected chi connectivity index (χ4v) is 5.35. The highest BCUT2D eigenvalue weighted by molar-refractivity contribution is 5.98. The lowest BCUT2D eigenvalue weighted by Gasteiger charge is -2.42. The van der Waals surface area contributed by atoms with Gasteiger partial charge >= 0.3 is 6.18 Å². The van der Waals surface area contributed by atoms with Crippen LogP contribution in [0.2, 0.25) is 0 Å². The number of nitrogens with zero attached hydrogens (tertiary/aromatic N) is 3. The van der Waals surface area contributed by atoms with E-state index in [1.807, 2.05) is 29.3 Å². The van der Waals surface area contributed by atoms with Gasteiger partial charge in [-0.1, -0.05) is 6.07 Å². The molecule has 2 fully saturated rings. The number of carbonyl (C=O) groups excluding carboxylic acids is 1. The molecule has 2 saturated heterocycles. The molecule has 0 spiro atoms. The Labute approximate surface area is 194 Å². The van der Waals surface area contributed by atoms with E-state index >= 15 is 0 Å². The van der Waals surface area contributed by atoms with E-state index in [-0.39, 0.29) is 18.4 Å². The molecule has 0 radical (unpaired) electrons. The summed E-state index contributed by atoms with van der Waals surface area (Å²) in [7, 11) is 0. The molecule has 2 aromatic carbocycles. The minimum Gasteiger partial charge on any atom is -0.396 e. The Balaban J connectivity index is 1.38. The van der Waals surface area contributed by atoms with Crippen LogP contribution in [0.15, 0.2) is 48.7 Å². The SMILES string of the molecule is N#Cc1ccc(N2C[C@H]3CN(C(=O)c4ccc5cc[nH]c5c4)CC[C@@]3(CO)C2)cc1C(F)(F)F. The van der Waals surface area contributed by atoms with Crippen molar-refractivity contribution in [1.29, 1.82) is 5.26 Å². The second kappa shape index (κ2) is 8.06. The topological polar surface area (TPSA) is 83.4 Å². The lowest BCUT2D eigenvalue weighted by atomic mass is 9.73. The molecule has 0 bridgehead atoms. The summed E-state index contributed by atoms with van der Waals surface area (Å²) in [5.41, 5.74) is -0.0582. The van der Waals surface area contributed by atoms with Gasteiger partial charge in [-0.05, 0) is 48.2 Å². The maximum Gasteiger partial charge on any atom is 0.417 e. The highest BCUT2D eigenvalue weighted by Gasteiger charge is 2.50. The number of aromatic amines is 1. The maximum absolute atomic E-state index is 13.5. The van der Waals surface area contributed by atoms with E-state index in [4.69, 9.17) is 5.26 Å². The van der Waals surface area contributed by atoms with Gasteiger partial charge < -0.3 is 19.9 Å². The first kappa shape index (κ1) is 22.3. The van der Waals surface area contributed by atoms with Crippen LogP contribution < -0.4 is 4.90 Å². The van der Waals surface area contributed by atoms with Crippen molar-refractivity contribution in [1.82, 2.24) is 9.88 Å². The quantitative estimate of drug-likeness (QED) is 0.608. The number of aliphatic hydroxyl groups is 1. The van der Waals surface area contributed by atoms with Crippen molar-refractivity contribution in [3.63, 3.8) is 0 Å². The van der Waals surface area contributed by atoms with E-state index in [1.165, 1.54) is 12.1 Å². The molecule has 3 aromatic rings. The number of hydrogen-bond donors (Lipinski definition) is 2. The Morgan fingerprint density at radius 3 is 2.76 bits per heavy atom. The number of aromatic nitrogens is 1. The highest BCUT2D eigenvalue weighted by atomic mass is 19.4. The molecule has 0 aliphatic carbocycles. The Morgan fingerprint density at radius 2 is 2.03 bits per heavy atom.